The van der Waals surface area contributed by atoms with Crippen molar-refractivity contribution in [2.75, 3.05) is 0 Å². The Labute approximate surface area is 105 Å². The number of nitrogens with zero attached hydrogens (tertiary/aromatic N) is 1. The lowest BCUT2D eigenvalue weighted by molar-refractivity contribution is -0.142. The number of carboxylic acid groups (broad SMARTS) is 1. The molecule has 0 aliphatic carbocycles. The lowest BCUT2D eigenvalue weighted by atomic mass is 9.86. The van der Waals surface area contributed by atoms with Crippen LogP contribution in [0.4, 0.5) is 0 Å². The summed E-state index contributed by atoms with van der Waals surface area (Å²) < 4.78 is 4.89. The molecule has 0 radical (unpaired) electrons. The summed E-state index contributed by atoms with van der Waals surface area (Å²) in [5.41, 5.74) is 0.161. The van der Waals surface area contributed by atoms with E-state index in [1.54, 1.807) is 34.6 Å². The third-order valence-electron chi connectivity index (χ3n) is 2.65. The first-order valence-corrected chi connectivity index (χ1v) is 5.61. The molecule has 2 N–H and O–H groups in total. The molecule has 100 valence electrons. The number of aromatic nitrogens is 1. The van der Waals surface area contributed by atoms with Gasteiger partial charge in [-0.3, -0.25) is 4.79 Å². The van der Waals surface area contributed by atoms with Gasteiger partial charge in [-0.1, -0.05) is 25.9 Å². The third kappa shape index (κ3) is 2.88. The van der Waals surface area contributed by atoms with Gasteiger partial charge in [0.15, 0.2) is 0 Å². The molecule has 1 heterocycles. The first kappa shape index (κ1) is 14.2. The molecule has 6 nitrogen and oxygen atoms in total. The predicted octanol–water partition coefficient (Wildman–Crippen LogP) is 1.52. The summed E-state index contributed by atoms with van der Waals surface area (Å²) in [7, 11) is 0. The Hall–Kier alpha value is -1.85. The van der Waals surface area contributed by atoms with Crippen LogP contribution >= 0.6 is 0 Å². The van der Waals surface area contributed by atoms with Gasteiger partial charge >= 0.3 is 5.97 Å². The van der Waals surface area contributed by atoms with E-state index in [0.29, 0.717) is 17.0 Å². The Balaban J connectivity index is 2.97. The molecule has 1 aromatic rings. The van der Waals surface area contributed by atoms with Gasteiger partial charge in [-0.2, -0.15) is 0 Å². The number of nitrogens with one attached hydrogen (secondary N) is 1. The molecule has 0 aromatic carbocycles. The molecule has 0 aliphatic rings. The molecule has 18 heavy (non-hydrogen) atoms. The lowest BCUT2D eigenvalue weighted by Crippen LogP contribution is -2.49. The van der Waals surface area contributed by atoms with Crippen LogP contribution in [-0.2, 0) is 4.79 Å². The fourth-order valence-electron chi connectivity index (χ4n) is 1.66. The maximum absolute atomic E-state index is 12.0. The smallest absolute Gasteiger partial charge is 0.326 e. The van der Waals surface area contributed by atoms with Gasteiger partial charge in [-0.25, -0.2) is 4.79 Å². The first-order valence-electron chi connectivity index (χ1n) is 5.61. The van der Waals surface area contributed by atoms with Crippen molar-refractivity contribution in [3.8, 4) is 0 Å². The Morgan fingerprint density at radius 3 is 2.22 bits per heavy atom. The van der Waals surface area contributed by atoms with Crippen LogP contribution in [0.15, 0.2) is 4.52 Å². The van der Waals surface area contributed by atoms with Crippen molar-refractivity contribution < 1.29 is 19.2 Å². The van der Waals surface area contributed by atoms with Crippen LogP contribution in [0, 0.1) is 19.3 Å². The van der Waals surface area contributed by atoms with Crippen LogP contribution in [0.2, 0.25) is 0 Å². The number of rotatable bonds is 3. The standard InChI is InChI=1S/C12H18N2O4/c1-6-8(7(2)18-14-6)10(15)13-9(11(16)17)12(3,4)5/h9H,1-5H3,(H,13,15)(H,16,17). The number of carbonyl (C=O) groups excluding carboxylic acids is 1. The zero-order valence-electron chi connectivity index (χ0n) is 11.2. The Kier molecular flexibility index (Phi) is 3.79. The number of hydrogen-bond donors (Lipinski definition) is 2. The lowest BCUT2D eigenvalue weighted by Gasteiger charge is -2.27. The topological polar surface area (TPSA) is 92.4 Å². The zero-order valence-corrected chi connectivity index (χ0v) is 11.2. The number of carbonyl (C=O) groups is 2. The van der Waals surface area contributed by atoms with Crippen molar-refractivity contribution in [2.45, 2.75) is 40.7 Å². The second kappa shape index (κ2) is 4.80. The molecule has 6 heteroatoms. The highest BCUT2D eigenvalue weighted by Gasteiger charge is 2.33. The summed E-state index contributed by atoms with van der Waals surface area (Å²) >= 11 is 0. The number of aryl methyl sites for hydroxylation is 2. The van der Waals surface area contributed by atoms with Crippen molar-refractivity contribution in [1.29, 1.82) is 0 Å². The van der Waals surface area contributed by atoms with Gasteiger partial charge in [-0.15, -0.1) is 0 Å². The van der Waals surface area contributed by atoms with Crippen molar-refractivity contribution >= 4 is 11.9 Å². The molecule has 1 aromatic heterocycles. The van der Waals surface area contributed by atoms with Crippen molar-refractivity contribution in [2.24, 2.45) is 5.41 Å². The maximum Gasteiger partial charge on any atom is 0.326 e. The van der Waals surface area contributed by atoms with E-state index in [0.717, 1.165) is 0 Å². The molecule has 1 rings (SSSR count). The number of aliphatic carboxylic acids is 1. The fourth-order valence-corrected chi connectivity index (χ4v) is 1.66. The molecule has 0 aliphatic heterocycles. The van der Waals surface area contributed by atoms with E-state index in [-0.39, 0.29) is 0 Å². The van der Waals surface area contributed by atoms with E-state index in [4.69, 9.17) is 9.63 Å². The minimum atomic E-state index is -1.07. The molecule has 0 fully saturated rings. The maximum atomic E-state index is 12.0. The van der Waals surface area contributed by atoms with Crippen LogP contribution < -0.4 is 5.32 Å². The zero-order chi connectivity index (χ0) is 14.1. The monoisotopic (exact) mass is 254 g/mol. The SMILES string of the molecule is Cc1noc(C)c1C(=O)NC(C(=O)O)C(C)(C)C. The Morgan fingerprint density at radius 2 is 1.89 bits per heavy atom. The normalized spacial score (nSPS) is 13.2. The van der Waals surface area contributed by atoms with E-state index in [1.165, 1.54) is 0 Å². The van der Waals surface area contributed by atoms with Crippen molar-refractivity contribution in [3.05, 3.63) is 17.0 Å². The van der Waals surface area contributed by atoms with Crippen LogP contribution in [0.1, 0.15) is 42.6 Å². The van der Waals surface area contributed by atoms with Gasteiger partial charge < -0.3 is 14.9 Å². The average Bonchev–Trinajstić information content (AvgIpc) is 2.52. The highest BCUT2D eigenvalue weighted by atomic mass is 16.5. The predicted molar refractivity (Wildman–Crippen MR) is 64.3 cm³/mol. The van der Waals surface area contributed by atoms with E-state index in [9.17, 15) is 9.59 Å². The van der Waals surface area contributed by atoms with E-state index in [2.05, 4.69) is 10.5 Å². The molecule has 1 atom stereocenters. The molecule has 0 spiro atoms. The molecule has 1 unspecified atom stereocenters. The van der Waals surface area contributed by atoms with Gasteiger partial charge in [0.05, 0.1) is 5.69 Å². The van der Waals surface area contributed by atoms with Crippen LogP contribution in [-0.4, -0.2) is 28.2 Å². The summed E-state index contributed by atoms with van der Waals surface area (Å²) in [6.07, 6.45) is 0. The molecule has 0 bridgehead atoms. The van der Waals surface area contributed by atoms with Gasteiger partial charge in [0.1, 0.15) is 17.4 Å². The van der Waals surface area contributed by atoms with Crippen LogP contribution in [0.25, 0.3) is 0 Å². The molecule has 0 saturated carbocycles. The minimum absolute atomic E-state index is 0.297. The summed E-state index contributed by atoms with van der Waals surface area (Å²) in [5.74, 6) is -1.17. The van der Waals surface area contributed by atoms with Crippen LogP contribution in [0.5, 0.6) is 0 Å². The number of amides is 1. The summed E-state index contributed by atoms with van der Waals surface area (Å²) in [6, 6.07) is -0.973. The average molecular weight is 254 g/mol. The van der Waals surface area contributed by atoms with Gasteiger partial charge in [-0.05, 0) is 19.3 Å². The fraction of sp³-hybridized carbons (Fsp3) is 0.583. The third-order valence-corrected chi connectivity index (χ3v) is 2.65. The second-order valence-electron chi connectivity index (χ2n) is 5.31. The molecule has 0 saturated heterocycles. The van der Waals surface area contributed by atoms with Gasteiger partial charge in [0.25, 0.3) is 5.91 Å². The van der Waals surface area contributed by atoms with Crippen molar-refractivity contribution in [3.63, 3.8) is 0 Å². The van der Waals surface area contributed by atoms with E-state index < -0.39 is 23.3 Å². The quantitative estimate of drug-likeness (QED) is 0.853. The van der Waals surface area contributed by atoms with Gasteiger partial charge in [0.2, 0.25) is 0 Å². The molecular formula is C12H18N2O4. The largest absolute Gasteiger partial charge is 0.480 e. The Bertz CT molecular complexity index is 451. The first-order chi connectivity index (χ1) is 8.14. The summed E-state index contributed by atoms with van der Waals surface area (Å²) in [4.78, 5) is 23.2. The number of hydrogen-bond acceptors (Lipinski definition) is 4. The highest BCUT2D eigenvalue weighted by Crippen LogP contribution is 2.21. The van der Waals surface area contributed by atoms with Crippen LogP contribution in [0.3, 0.4) is 0 Å². The van der Waals surface area contributed by atoms with E-state index in [1.807, 2.05) is 0 Å². The summed E-state index contributed by atoms with van der Waals surface area (Å²) in [6.45, 7) is 8.50. The summed E-state index contributed by atoms with van der Waals surface area (Å²) in [5, 5.41) is 15.3. The second-order valence-corrected chi connectivity index (χ2v) is 5.31. The highest BCUT2D eigenvalue weighted by molar-refractivity contribution is 5.98. The van der Waals surface area contributed by atoms with E-state index >= 15 is 0 Å². The Morgan fingerprint density at radius 1 is 1.33 bits per heavy atom. The molecular weight excluding hydrogens is 236 g/mol. The minimum Gasteiger partial charge on any atom is -0.480 e. The molecule has 1 amide bonds. The van der Waals surface area contributed by atoms with Crippen molar-refractivity contribution in [1.82, 2.24) is 10.5 Å². The number of carboxylic acids is 1. The van der Waals surface area contributed by atoms with Gasteiger partial charge in [0, 0.05) is 0 Å².